The van der Waals surface area contributed by atoms with Gasteiger partial charge in [-0.2, -0.15) is 11.3 Å². The zero-order chi connectivity index (χ0) is 21.1. The number of anilines is 1. The molecule has 1 aromatic heterocycles. The second-order valence-electron chi connectivity index (χ2n) is 9.07. The Morgan fingerprint density at radius 3 is 2.70 bits per heavy atom. The van der Waals surface area contributed by atoms with Crippen molar-refractivity contribution < 1.29 is 4.74 Å². The summed E-state index contributed by atoms with van der Waals surface area (Å²) in [5.74, 6) is 0.493. The molecule has 164 valence electrons. The lowest BCUT2D eigenvalue weighted by Gasteiger charge is -2.46. The van der Waals surface area contributed by atoms with Gasteiger partial charge in [0.2, 0.25) is 0 Å². The van der Waals surface area contributed by atoms with Gasteiger partial charge in [0, 0.05) is 36.8 Å². The summed E-state index contributed by atoms with van der Waals surface area (Å²) in [5, 5.41) is 8.35. The van der Waals surface area contributed by atoms with Crippen molar-refractivity contribution in [2.75, 3.05) is 45.6 Å². The van der Waals surface area contributed by atoms with Gasteiger partial charge in [0.1, 0.15) is 0 Å². The van der Waals surface area contributed by atoms with E-state index in [2.05, 4.69) is 78.1 Å². The largest absolute Gasteiger partial charge is 0.378 e. The standard InChI is InChI=1S/C25H37N3OS/c1-5-18-7-10-23-22(15-18)25-21(24(26-23)19-11-14-30-17-19)9-8-20(29-25)16-28(6-2)13-12-27(3)4/h7,10-11,14-15,17,20-21,24-26H,5-6,8-9,12-13,16H2,1-4H3. The number of benzene rings is 1. The summed E-state index contributed by atoms with van der Waals surface area (Å²) in [5.41, 5.74) is 5.43. The summed E-state index contributed by atoms with van der Waals surface area (Å²) in [6.45, 7) is 8.82. The first kappa shape index (κ1) is 21.8. The van der Waals surface area contributed by atoms with Crippen LogP contribution in [0.1, 0.15) is 55.5 Å². The van der Waals surface area contributed by atoms with Gasteiger partial charge in [-0.1, -0.05) is 26.0 Å². The molecule has 0 radical (unpaired) electrons. The van der Waals surface area contributed by atoms with Crippen LogP contribution in [-0.2, 0) is 11.2 Å². The maximum atomic E-state index is 6.89. The zero-order valence-corrected chi connectivity index (χ0v) is 19.8. The highest BCUT2D eigenvalue weighted by Gasteiger charge is 2.42. The first-order chi connectivity index (χ1) is 14.6. The first-order valence-corrected chi connectivity index (χ1v) is 12.5. The van der Waals surface area contributed by atoms with Gasteiger partial charge in [-0.3, -0.25) is 4.90 Å². The zero-order valence-electron chi connectivity index (χ0n) is 18.9. The molecular weight excluding hydrogens is 390 g/mol. The van der Waals surface area contributed by atoms with Crippen LogP contribution in [0.15, 0.2) is 35.0 Å². The fourth-order valence-corrected chi connectivity index (χ4v) is 5.65. The van der Waals surface area contributed by atoms with E-state index >= 15 is 0 Å². The lowest BCUT2D eigenvalue weighted by atomic mass is 9.76. The molecule has 30 heavy (non-hydrogen) atoms. The molecule has 4 rings (SSSR count). The molecule has 0 saturated carbocycles. The number of fused-ring (bicyclic) bond motifs is 3. The Morgan fingerprint density at radius 1 is 1.13 bits per heavy atom. The number of rotatable bonds is 8. The van der Waals surface area contributed by atoms with Crippen LogP contribution in [0.4, 0.5) is 5.69 Å². The topological polar surface area (TPSA) is 27.7 Å². The van der Waals surface area contributed by atoms with E-state index in [0.717, 1.165) is 39.0 Å². The van der Waals surface area contributed by atoms with Crippen LogP contribution in [0.2, 0.25) is 0 Å². The maximum Gasteiger partial charge on any atom is 0.0900 e. The smallest absolute Gasteiger partial charge is 0.0900 e. The van der Waals surface area contributed by atoms with Gasteiger partial charge in [-0.15, -0.1) is 0 Å². The average Bonchev–Trinajstić information content (AvgIpc) is 3.30. The monoisotopic (exact) mass is 427 g/mol. The molecule has 4 unspecified atom stereocenters. The minimum atomic E-state index is 0.184. The van der Waals surface area contributed by atoms with Crippen LogP contribution >= 0.6 is 11.3 Å². The number of thiophene rings is 1. The minimum absolute atomic E-state index is 0.184. The van der Waals surface area contributed by atoms with E-state index in [9.17, 15) is 0 Å². The third kappa shape index (κ3) is 4.75. The first-order valence-electron chi connectivity index (χ1n) is 11.5. The lowest BCUT2D eigenvalue weighted by molar-refractivity contribution is -0.102. The van der Waals surface area contributed by atoms with Crippen molar-refractivity contribution in [2.45, 2.75) is 51.4 Å². The average molecular weight is 428 g/mol. The number of hydrogen-bond acceptors (Lipinski definition) is 5. The highest BCUT2D eigenvalue weighted by atomic mass is 32.1. The van der Waals surface area contributed by atoms with Crippen LogP contribution in [0.3, 0.4) is 0 Å². The molecule has 2 aliphatic heterocycles. The molecule has 0 aliphatic carbocycles. The fourth-order valence-electron chi connectivity index (χ4n) is 4.95. The second-order valence-corrected chi connectivity index (χ2v) is 9.85. The van der Waals surface area contributed by atoms with Crippen molar-refractivity contribution in [3.05, 3.63) is 51.7 Å². The predicted octanol–water partition coefficient (Wildman–Crippen LogP) is 5.20. The molecule has 1 N–H and O–H groups in total. The number of likely N-dealkylation sites (N-methyl/N-ethyl adjacent to an activating group) is 2. The highest BCUT2D eigenvalue weighted by Crippen LogP contribution is 2.50. The predicted molar refractivity (Wildman–Crippen MR) is 128 cm³/mol. The SMILES string of the molecule is CCc1ccc2c(c1)C1OC(CN(CC)CCN(C)C)CCC1C(c1ccsc1)N2. The molecule has 0 bridgehead atoms. The molecule has 1 fully saturated rings. The molecule has 5 heteroatoms. The van der Waals surface area contributed by atoms with E-state index < -0.39 is 0 Å². The summed E-state index contributed by atoms with van der Waals surface area (Å²) in [6.07, 6.45) is 3.92. The molecule has 0 spiro atoms. The van der Waals surface area contributed by atoms with Gasteiger partial charge < -0.3 is 15.0 Å². The third-order valence-electron chi connectivity index (χ3n) is 6.79. The number of nitrogens with zero attached hydrogens (tertiary/aromatic N) is 2. The Morgan fingerprint density at radius 2 is 2.00 bits per heavy atom. The molecule has 0 amide bonds. The highest BCUT2D eigenvalue weighted by molar-refractivity contribution is 7.08. The van der Waals surface area contributed by atoms with Crippen LogP contribution in [0.25, 0.3) is 0 Å². The van der Waals surface area contributed by atoms with Crippen molar-refractivity contribution in [1.82, 2.24) is 9.80 Å². The van der Waals surface area contributed by atoms with Gasteiger partial charge >= 0.3 is 0 Å². The van der Waals surface area contributed by atoms with Crippen molar-refractivity contribution in [1.29, 1.82) is 0 Å². The third-order valence-corrected chi connectivity index (χ3v) is 7.50. The van der Waals surface area contributed by atoms with Crippen LogP contribution in [0, 0.1) is 5.92 Å². The quantitative estimate of drug-likeness (QED) is 0.627. The normalized spacial score (nSPS) is 25.8. The minimum Gasteiger partial charge on any atom is -0.378 e. The molecule has 1 saturated heterocycles. The summed E-state index contributed by atoms with van der Waals surface area (Å²) in [7, 11) is 4.30. The van der Waals surface area contributed by atoms with E-state index in [1.165, 1.54) is 28.8 Å². The summed E-state index contributed by atoms with van der Waals surface area (Å²) in [6, 6.07) is 9.54. The number of aryl methyl sites for hydroxylation is 1. The maximum absolute atomic E-state index is 6.89. The van der Waals surface area contributed by atoms with Crippen LogP contribution in [0.5, 0.6) is 0 Å². The van der Waals surface area contributed by atoms with E-state index in [1.807, 2.05) is 0 Å². The van der Waals surface area contributed by atoms with Crippen LogP contribution < -0.4 is 5.32 Å². The van der Waals surface area contributed by atoms with Gasteiger partial charge in [0.25, 0.3) is 0 Å². The Balaban J connectivity index is 1.56. The second kappa shape index (κ2) is 9.82. The number of hydrogen-bond donors (Lipinski definition) is 1. The van der Waals surface area contributed by atoms with Gasteiger partial charge in [0.05, 0.1) is 18.2 Å². The number of nitrogens with one attached hydrogen (secondary N) is 1. The van der Waals surface area contributed by atoms with Crippen molar-refractivity contribution in [3.63, 3.8) is 0 Å². The Kier molecular flexibility index (Phi) is 7.14. The van der Waals surface area contributed by atoms with Gasteiger partial charge in [0.15, 0.2) is 0 Å². The Labute approximate surface area is 186 Å². The molecule has 2 aromatic rings. The molecule has 2 aliphatic rings. The molecule has 3 heterocycles. The van der Waals surface area contributed by atoms with Crippen molar-refractivity contribution in [3.8, 4) is 0 Å². The summed E-state index contributed by atoms with van der Waals surface area (Å²) >= 11 is 1.79. The summed E-state index contributed by atoms with van der Waals surface area (Å²) < 4.78 is 6.89. The van der Waals surface area contributed by atoms with E-state index in [-0.39, 0.29) is 6.10 Å². The van der Waals surface area contributed by atoms with Crippen molar-refractivity contribution in [2.24, 2.45) is 5.92 Å². The summed E-state index contributed by atoms with van der Waals surface area (Å²) in [4.78, 5) is 4.81. The molecule has 4 atom stereocenters. The lowest BCUT2D eigenvalue weighted by Crippen LogP contribution is -2.44. The molecule has 4 nitrogen and oxygen atoms in total. The fraction of sp³-hybridized carbons (Fsp3) is 0.600. The van der Waals surface area contributed by atoms with Gasteiger partial charge in [-0.05, 0) is 73.9 Å². The Hall–Kier alpha value is -1.40. The van der Waals surface area contributed by atoms with Crippen LogP contribution in [-0.4, -0.2) is 56.2 Å². The molecular formula is C25H37N3OS. The van der Waals surface area contributed by atoms with Crippen molar-refractivity contribution >= 4 is 17.0 Å². The van der Waals surface area contributed by atoms with E-state index in [1.54, 1.807) is 11.3 Å². The van der Waals surface area contributed by atoms with E-state index in [0.29, 0.717) is 18.1 Å². The Bertz CT molecular complexity index is 807. The van der Waals surface area contributed by atoms with E-state index in [4.69, 9.17) is 4.74 Å². The molecule has 1 aromatic carbocycles. The van der Waals surface area contributed by atoms with Gasteiger partial charge in [-0.25, -0.2) is 0 Å². The number of ether oxygens (including phenoxy) is 1.